The van der Waals surface area contributed by atoms with Gasteiger partial charge in [0.15, 0.2) is 5.78 Å². The van der Waals surface area contributed by atoms with Crippen molar-refractivity contribution in [2.75, 3.05) is 12.9 Å². The van der Waals surface area contributed by atoms with E-state index in [1.807, 2.05) is 0 Å². The fraction of sp³-hybridized carbons (Fsp3) is 0.296. The van der Waals surface area contributed by atoms with Gasteiger partial charge in [0.05, 0.1) is 41.0 Å². The lowest BCUT2D eigenvalue weighted by atomic mass is 9.82. The predicted molar refractivity (Wildman–Crippen MR) is 138 cm³/mol. The van der Waals surface area contributed by atoms with Crippen LogP contribution in [-0.2, 0) is 9.53 Å². The van der Waals surface area contributed by atoms with E-state index < -0.39 is 17.5 Å². The van der Waals surface area contributed by atoms with Crippen LogP contribution in [0.3, 0.4) is 0 Å². The third kappa shape index (κ3) is 6.47. The molecule has 1 heterocycles. The molecule has 8 heteroatoms. The first-order chi connectivity index (χ1) is 16.5. The molecule has 0 saturated carbocycles. The highest BCUT2D eigenvalue weighted by Gasteiger charge is 2.37. The number of Topliss-reactive ketones (excluding diaryl/α,β-unsaturated/α-hetero) is 1. The molecule has 1 aliphatic rings. The van der Waals surface area contributed by atoms with Crippen LogP contribution in [0.4, 0.5) is 0 Å². The zero-order chi connectivity index (χ0) is 25.8. The summed E-state index contributed by atoms with van der Waals surface area (Å²) in [7, 11) is 1.57. The number of rotatable bonds is 7. The molecule has 1 atom stereocenters. The van der Waals surface area contributed by atoms with Crippen molar-refractivity contribution < 1.29 is 19.1 Å². The molecule has 0 aliphatic carbocycles. The summed E-state index contributed by atoms with van der Waals surface area (Å²) < 4.78 is 10.8. The molecule has 0 bridgehead atoms. The number of nitrogens with zero attached hydrogens (tertiary/aromatic N) is 1. The molecule has 0 spiro atoms. The first kappa shape index (κ1) is 26.4. The Bertz CT molecular complexity index is 1220. The average Bonchev–Trinajstić information content (AvgIpc) is 2.81. The van der Waals surface area contributed by atoms with Crippen molar-refractivity contribution in [3.63, 3.8) is 0 Å². The summed E-state index contributed by atoms with van der Waals surface area (Å²) in [5, 5.41) is 14.4. The van der Waals surface area contributed by atoms with Crippen LogP contribution >= 0.6 is 23.4 Å². The molecule has 2 aromatic carbocycles. The van der Waals surface area contributed by atoms with E-state index in [0.717, 1.165) is 5.56 Å². The molecule has 1 unspecified atom stereocenters. The number of allylic oxidation sites excluding steroid dienone is 2. The van der Waals surface area contributed by atoms with Crippen LogP contribution in [0.25, 0.3) is 0 Å². The monoisotopic (exact) mass is 510 g/mol. The van der Waals surface area contributed by atoms with Gasteiger partial charge in [-0.25, -0.2) is 4.79 Å². The van der Waals surface area contributed by atoms with Gasteiger partial charge in [-0.1, -0.05) is 35.5 Å². The van der Waals surface area contributed by atoms with Crippen molar-refractivity contribution >= 4 is 35.1 Å². The van der Waals surface area contributed by atoms with Crippen LogP contribution < -0.4 is 10.1 Å². The number of hydrogen-bond acceptors (Lipinski definition) is 7. The summed E-state index contributed by atoms with van der Waals surface area (Å²) in [6.07, 6.45) is 0. The maximum atomic E-state index is 13.2. The van der Waals surface area contributed by atoms with Crippen molar-refractivity contribution in [3.05, 3.63) is 86.6 Å². The standard InChI is InChI=1S/C27H27ClN2O4S/c1-16-23(26(32)34-27(2,3)4)24(18-6-10-19(28)11-7-18)21(14-29)25(30-16)35-15-22(31)17-8-12-20(33-5)13-9-17/h6-13,24,30H,15H2,1-5H3. The molecule has 1 N–H and O–H groups in total. The smallest absolute Gasteiger partial charge is 0.337 e. The van der Waals surface area contributed by atoms with Gasteiger partial charge in [0, 0.05) is 16.3 Å². The van der Waals surface area contributed by atoms with Gasteiger partial charge in [-0.05, 0) is 69.7 Å². The minimum Gasteiger partial charge on any atom is -0.497 e. The van der Waals surface area contributed by atoms with E-state index in [1.165, 1.54) is 11.8 Å². The van der Waals surface area contributed by atoms with Gasteiger partial charge >= 0.3 is 5.97 Å². The van der Waals surface area contributed by atoms with Crippen LogP contribution in [0.2, 0.25) is 5.02 Å². The summed E-state index contributed by atoms with van der Waals surface area (Å²) in [5.74, 6) is -0.478. The Kier molecular flexibility index (Phi) is 8.31. The lowest BCUT2D eigenvalue weighted by Crippen LogP contribution is -2.32. The molecule has 3 rings (SSSR count). The fourth-order valence-electron chi connectivity index (χ4n) is 3.62. The number of thioether (sulfide) groups is 1. The van der Waals surface area contributed by atoms with Crippen LogP contribution in [0, 0.1) is 11.3 Å². The Labute approximate surface area is 214 Å². The number of carbonyl (C=O) groups is 2. The first-order valence-electron chi connectivity index (χ1n) is 10.9. The number of esters is 1. The molecule has 35 heavy (non-hydrogen) atoms. The highest BCUT2D eigenvalue weighted by atomic mass is 35.5. The summed E-state index contributed by atoms with van der Waals surface area (Å²) in [6, 6.07) is 16.1. The van der Waals surface area contributed by atoms with E-state index >= 15 is 0 Å². The first-order valence-corrected chi connectivity index (χ1v) is 12.3. The van der Waals surface area contributed by atoms with E-state index in [1.54, 1.807) is 83.3 Å². The number of ether oxygens (including phenoxy) is 2. The number of benzene rings is 2. The Balaban J connectivity index is 1.96. The van der Waals surface area contributed by atoms with Crippen molar-refractivity contribution in [1.82, 2.24) is 5.32 Å². The van der Waals surface area contributed by atoms with Gasteiger partial charge in [0.25, 0.3) is 0 Å². The maximum absolute atomic E-state index is 13.2. The largest absolute Gasteiger partial charge is 0.497 e. The molecule has 1 aliphatic heterocycles. The van der Waals surface area contributed by atoms with Crippen molar-refractivity contribution in [3.8, 4) is 11.8 Å². The number of carbonyl (C=O) groups excluding carboxylic acids is 2. The van der Waals surface area contributed by atoms with Crippen LogP contribution in [-0.4, -0.2) is 30.2 Å². The second-order valence-electron chi connectivity index (χ2n) is 8.95. The molecule has 0 aromatic heterocycles. The minimum absolute atomic E-state index is 0.0909. The lowest BCUT2D eigenvalue weighted by molar-refractivity contribution is -0.150. The number of dihydropyridines is 1. The Hall–Kier alpha value is -3.21. The second-order valence-corrected chi connectivity index (χ2v) is 10.4. The van der Waals surface area contributed by atoms with Crippen LogP contribution in [0.15, 0.2) is 70.4 Å². The molecule has 0 fully saturated rings. The molecule has 0 amide bonds. The quantitative estimate of drug-likeness (QED) is 0.361. The van der Waals surface area contributed by atoms with Gasteiger partial charge < -0.3 is 14.8 Å². The van der Waals surface area contributed by atoms with E-state index in [9.17, 15) is 14.9 Å². The number of ketones is 1. The molecular weight excluding hydrogens is 484 g/mol. The van der Waals surface area contributed by atoms with Crippen molar-refractivity contribution in [2.45, 2.75) is 39.2 Å². The van der Waals surface area contributed by atoms with Crippen molar-refractivity contribution in [2.24, 2.45) is 0 Å². The Morgan fingerprint density at radius 1 is 1.11 bits per heavy atom. The molecular formula is C27H27ClN2O4S. The lowest BCUT2D eigenvalue weighted by Gasteiger charge is -2.31. The zero-order valence-electron chi connectivity index (χ0n) is 20.3. The van der Waals surface area contributed by atoms with Gasteiger partial charge in [-0.3, -0.25) is 4.79 Å². The highest BCUT2D eigenvalue weighted by Crippen LogP contribution is 2.41. The number of methoxy groups -OCH3 is 1. The summed E-state index contributed by atoms with van der Waals surface area (Å²) in [6.45, 7) is 7.15. The van der Waals surface area contributed by atoms with E-state index in [0.29, 0.717) is 38.2 Å². The normalized spacial score (nSPS) is 15.9. The summed E-state index contributed by atoms with van der Waals surface area (Å²) in [4.78, 5) is 26.0. The number of nitriles is 1. The molecule has 0 saturated heterocycles. The predicted octanol–water partition coefficient (Wildman–Crippen LogP) is 6.00. The Morgan fingerprint density at radius 2 is 1.74 bits per heavy atom. The van der Waals surface area contributed by atoms with Gasteiger partial charge in [-0.15, -0.1) is 0 Å². The zero-order valence-corrected chi connectivity index (χ0v) is 21.8. The minimum atomic E-state index is -0.703. The van der Waals surface area contributed by atoms with Crippen LogP contribution in [0.1, 0.15) is 49.5 Å². The third-order valence-corrected chi connectivity index (χ3v) is 6.50. The third-order valence-electron chi connectivity index (χ3n) is 5.23. The number of halogens is 1. The molecule has 2 aromatic rings. The fourth-order valence-corrected chi connectivity index (χ4v) is 4.73. The van der Waals surface area contributed by atoms with E-state index in [2.05, 4.69) is 11.4 Å². The average molecular weight is 511 g/mol. The maximum Gasteiger partial charge on any atom is 0.337 e. The van der Waals surface area contributed by atoms with Crippen molar-refractivity contribution in [1.29, 1.82) is 5.26 Å². The summed E-state index contributed by atoms with van der Waals surface area (Å²) in [5.41, 5.74) is 1.83. The number of nitrogens with one attached hydrogen (secondary N) is 1. The molecule has 182 valence electrons. The van der Waals surface area contributed by atoms with Gasteiger partial charge in [0.2, 0.25) is 0 Å². The second kappa shape index (κ2) is 11.0. The van der Waals surface area contributed by atoms with E-state index in [-0.39, 0.29) is 11.5 Å². The topological polar surface area (TPSA) is 88.4 Å². The highest BCUT2D eigenvalue weighted by molar-refractivity contribution is 8.03. The molecule has 0 radical (unpaired) electrons. The van der Waals surface area contributed by atoms with E-state index in [4.69, 9.17) is 21.1 Å². The van der Waals surface area contributed by atoms with Crippen LogP contribution in [0.5, 0.6) is 5.75 Å². The number of hydrogen-bond donors (Lipinski definition) is 1. The summed E-state index contributed by atoms with van der Waals surface area (Å²) >= 11 is 7.31. The SMILES string of the molecule is COc1ccc(C(=O)CSC2=C(C#N)C(c3ccc(Cl)cc3)C(C(=O)OC(C)(C)C)=C(C)N2)cc1. The molecule has 6 nitrogen and oxygen atoms in total. The Morgan fingerprint density at radius 3 is 2.29 bits per heavy atom. The van der Waals surface area contributed by atoms with Gasteiger partial charge in [-0.2, -0.15) is 5.26 Å². The van der Waals surface area contributed by atoms with Gasteiger partial charge in [0.1, 0.15) is 11.4 Å².